The second-order valence-electron chi connectivity index (χ2n) is 5.97. The molecule has 0 aromatic rings. The van der Waals surface area contributed by atoms with Gasteiger partial charge in [0.1, 0.15) is 5.54 Å². The number of amides is 2. The molecular formula is C13H22N2O4. The third-order valence-corrected chi connectivity index (χ3v) is 4.34. The smallest absolute Gasteiger partial charge is 0.329 e. The molecule has 2 amide bonds. The van der Waals surface area contributed by atoms with Gasteiger partial charge < -0.3 is 20.5 Å². The number of nitrogens with one attached hydrogen (secondary N) is 2. The van der Waals surface area contributed by atoms with Crippen LogP contribution in [-0.2, 0) is 9.53 Å². The van der Waals surface area contributed by atoms with E-state index in [0.29, 0.717) is 32.6 Å². The first-order valence-electron chi connectivity index (χ1n) is 6.83. The van der Waals surface area contributed by atoms with Gasteiger partial charge in [0.05, 0.1) is 0 Å². The molecule has 3 N–H and O–H groups in total. The van der Waals surface area contributed by atoms with Crippen LogP contribution < -0.4 is 10.6 Å². The van der Waals surface area contributed by atoms with Crippen molar-refractivity contribution in [1.82, 2.24) is 10.6 Å². The van der Waals surface area contributed by atoms with Crippen molar-refractivity contribution in [2.24, 2.45) is 5.41 Å². The van der Waals surface area contributed by atoms with Crippen LogP contribution in [0.1, 0.15) is 39.0 Å². The van der Waals surface area contributed by atoms with Crippen LogP contribution in [0.3, 0.4) is 0 Å². The van der Waals surface area contributed by atoms with E-state index < -0.39 is 17.5 Å². The van der Waals surface area contributed by atoms with Gasteiger partial charge in [0.25, 0.3) is 0 Å². The van der Waals surface area contributed by atoms with Crippen LogP contribution in [-0.4, -0.2) is 42.4 Å². The highest BCUT2D eigenvalue weighted by molar-refractivity contribution is 5.86. The molecule has 1 saturated carbocycles. The van der Waals surface area contributed by atoms with E-state index >= 15 is 0 Å². The summed E-state index contributed by atoms with van der Waals surface area (Å²) < 4.78 is 5.16. The number of carboxylic acid groups (broad SMARTS) is 1. The molecule has 1 heterocycles. The van der Waals surface area contributed by atoms with E-state index in [1.54, 1.807) is 0 Å². The number of carboxylic acids is 1. The molecule has 0 unspecified atom stereocenters. The second kappa shape index (κ2) is 5.36. The summed E-state index contributed by atoms with van der Waals surface area (Å²) in [6.45, 7) is 3.47. The molecule has 0 aromatic carbocycles. The number of carbonyl (C=O) groups is 2. The molecule has 6 nitrogen and oxygen atoms in total. The minimum Gasteiger partial charge on any atom is -0.480 e. The zero-order valence-corrected chi connectivity index (χ0v) is 11.3. The quantitative estimate of drug-likeness (QED) is 0.714. The van der Waals surface area contributed by atoms with E-state index in [1.807, 2.05) is 0 Å². The molecule has 1 aliphatic carbocycles. The van der Waals surface area contributed by atoms with Crippen LogP contribution in [0.2, 0.25) is 0 Å². The first kappa shape index (κ1) is 14.1. The van der Waals surface area contributed by atoms with Crippen LogP contribution >= 0.6 is 0 Å². The monoisotopic (exact) mass is 270 g/mol. The van der Waals surface area contributed by atoms with Crippen molar-refractivity contribution < 1.29 is 19.4 Å². The minimum absolute atomic E-state index is 0.184. The van der Waals surface area contributed by atoms with Gasteiger partial charge in [0.2, 0.25) is 0 Å². The zero-order chi connectivity index (χ0) is 13.9. The summed E-state index contributed by atoms with van der Waals surface area (Å²) in [6, 6.07) is -0.391. The number of rotatable bonds is 4. The topological polar surface area (TPSA) is 87.7 Å². The maximum Gasteiger partial charge on any atom is 0.329 e. The van der Waals surface area contributed by atoms with E-state index in [9.17, 15) is 14.7 Å². The van der Waals surface area contributed by atoms with Crippen molar-refractivity contribution in [3.05, 3.63) is 0 Å². The van der Waals surface area contributed by atoms with Crippen molar-refractivity contribution in [1.29, 1.82) is 0 Å². The highest BCUT2D eigenvalue weighted by Gasteiger charge is 2.42. The van der Waals surface area contributed by atoms with Gasteiger partial charge in [-0.25, -0.2) is 9.59 Å². The lowest BCUT2D eigenvalue weighted by Gasteiger charge is -2.39. The Morgan fingerprint density at radius 1 is 1.21 bits per heavy atom. The average molecular weight is 270 g/mol. The Hall–Kier alpha value is -1.30. The van der Waals surface area contributed by atoms with Gasteiger partial charge in [-0.1, -0.05) is 13.3 Å². The molecule has 19 heavy (non-hydrogen) atoms. The SMILES string of the molecule is CC1(CNC(=O)NC2(C(=O)O)CCOCC2)CCC1. The molecule has 6 heteroatoms. The van der Waals surface area contributed by atoms with E-state index in [1.165, 1.54) is 6.42 Å². The molecular weight excluding hydrogens is 248 g/mol. The van der Waals surface area contributed by atoms with Gasteiger partial charge in [0, 0.05) is 32.6 Å². The Bertz CT molecular complexity index is 360. The Morgan fingerprint density at radius 3 is 2.32 bits per heavy atom. The lowest BCUT2D eigenvalue weighted by atomic mass is 9.70. The molecule has 2 aliphatic rings. The van der Waals surface area contributed by atoms with Gasteiger partial charge in [-0.05, 0) is 18.3 Å². The zero-order valence-electron chi connectivity index (χ0n) is 11.3. The van der Waals surface area contributed by atoms with Gasteiger partial charge in [-0.2, -0.15) is 0 Å². The Morgan fingerprint density at radius 2 is 1.84 bits per heavy atom. The number of aliphatic carboxylic acids is 1. The number of urea groups is 1. The van der Waals surface area contributed by atoms with Crippen molar-refractivity contribution in [3.8, 4) is 0 Å². The highest BCUT2D eigenvalue weighted by Crippen LogP contribution is 2.39. The fraction of sp³-hybridized carbons (Fsp3) is 0.846. The van der Waals surface area contributed by atoms with Crippen molar-refractivity contribution in [2.45, 2.75) is 44.6 Å². The highest BCUT2D eigenvalue weighted by atomic mass is 16.5. The van der Waals surface area contributed by atoms with E-state index in [2.05, 4.69) is 17.6 Å². The fourth-order valence-corrected chi connectivity index (χ4v) is 2.62. The standard InChI is InChI=1S/C13H22N2O4/c1-12(3-2-4-12)9-14-11(18)15-13(10(16)17)5-7-19-8-6-13/h2-9H2,1H3,(H,16,17)(H2,14,15,18). The maximum absolute atomic E-state index is 11.9. The molecule has 0 atom stereocenters. The van der Waals surface area contributed by atoms with E-state index in [4.69, 9.17) is 4.74 Å². The average Bonchev–Trinajstić information content (AvgIpc) is 2.35. The van der Waals surface area contributed by atoms with E-state index in [0.717, 1.165) is 12.8 Å². The van der Waals surface area contributed by atoms with Crippen LogP contribution in [0.25, 0.3) is 0 Å². The summed E-state index contributed by atoms with van der Waals surface area (Å²) in [5.41, 5.74) is -0.994. The molecule has 2 fully saturated rings. The molecule has 108 valence electrons. The summed E-state index contributed by atoms with van der Waals surface area (Å²) in [5.74, 6) is -0.985. The Kier molecular flexibility index (Phi) is 3.99. The van der Waals surface area contributed by atoms with Crippen LogP contribution in [0.15, 0.2) is 0 Å². The second-order valence-corrected chi connectivity index (χ2v) is 5.97. The lowest BCUT2D eigenvalue weighted by Crippen LogP contribution is -2.60. The van der Waals surface area contributed by atoms with Crippen LogP contribution in [0, 0.1) is 5.41 Å². The molecule has 0 aromatic heterocycles. The summed E-state index contributed by atoms with van der Waals surface area (Å²) in [7, 11) is 0. The third kappa shape index (κ3) is 3.18. The number of ether oxygens (including phenoxy) is 1. The predicted molar refractivity (Wildman–Crippen MR) is 68.9 cm³/mol. The van der Waals surface area contributed by atoms with Crippen LogP contribution in [0.4, 0.5) is 4.79 Å². The number of hydrogen-bond donors (Lipinski definition) is 3. The number of hydrogen-bond acceptors (Lipinski definition) is 3. The molecule has 1 saturated heterocycles. The molecule has 1 aliphatic heterocycles. The lowest BCUT2D eigenvalue weighted by molar-refractivity contribution is -0.148. The molecule has 0 bridgehead atoms. The van der Waals surface area contributed by atoms with Gasteiger partial charge in [0.15, 0.2) is 0 Å². The van der Waals surface area contributed by atoms with Gasteiger partial charge >= 0.3 is 12.0 Å². The summed E-state index contributed by atoms with van der Waals surface area (Å²) >= 11 is 0. The molecule has 0 radical (unpaired) electrons. The Labute approximate surface area is 112 Å². The summed E-state index contributed by atoms with van der Waals surface area (Å²) in [5, 5.41) is 14.7. The van der Waals surface area contributed by atoms with Crippen molar-refractivity contribution in [2.75, 3.05) is 19.8 Å². The summed E-state index contributed by atoms with van der Waals surface area (Å²) in [4.78, 5) is 23.3. The Balaban J connectivity index is 1.86. The third-order valence-electron chi connectivity index (χ3n) is 4.34. The largest absolute Gasteiger partial charge is 0.480 e. The van der Waals surface area contributed by atoms with E-state index in [-0.39, 0.29) is 5.41 Å². The van der Waals surface area contributed by atoms with Crippen molar-refractivity contribution in [3.63, 3.8) is 0 Å². The van der Waals surface area contributed by atoms with Crippen molar-refractivity contribution >= 4 is 12.0 Å². The fourth-order valence-electron chi connectivity index (χ4n) is 2.62. The molecule has 2 rings (SSSR count). The van der Waals surface area contributed by atoms with Crippen LogP contribution in [0.5, 0.6) is 0 Å². The maximum atomic E-state index is 11.9. The van der Waals surface area contributed by atoms with Gasteiger partial charge in [-0.15, -0.1) is 0 Å². The first-order chi connectivity index (χ1) is 8.96. The predicted octanol–water partition coefficient (Wildman–Crippen LogP) is 1.11. The minimum atomic E-state index is -1.18. The summed E-state index contributed by atoms with van der Waals surface area (Å²) in [6.07, 6.45) is 4.06. The molecule has 0 spiro atoms. The number of carbonyl (C=O) groups excluding carboxylic acids is 1. The first-order valence-corrected chi connectivity index (χ1v) is 6.83. The van der Waals surface area contributed by atoms with Gasteiger partial charge in [-0.3, -0.25) is 0 Å². The normalized spacial score (nSPS) is 24.1.